The first-order valence-electron chi connectivity index (χ1n) is 9.55. The minimum atomic E-state index is 0.0132. The topological polar surface area (TPSA) is 53.6 Å². The van der Waals surface area contributed by atoms with E-state index in [9.17, 15) is 4.79 Å². The van der Waals surface area contributed by atoms with Crippen LogP contribution in [0, 0.1) is 5.41 Å². The highest BCUT2D eigenvalue weighted by molar-refractivity contribution is 5.94. The number of amides is 1. The van der Waals surface area contributed by atoms with Crippen molar-refractivity contribution < 1.29 is 9.53 Å². The van der Waals surface area contributed by atoms with Crippen LogP contribution in [0.5, 0.6) is 0 Å². The van der Waals surface area contributed by atoms with Crippen LogP contribution in [0.25, 0.3) is 0 Å². The smallest absolute Gasteiger partial charge is 0.251 e. The summed E-state index contributed by atoms with van der Waals surface area (Å²) >= 11 is 0. The Kier molecular flexibility index (Phi) is 6.32. The van der Waals surface area contributed by atoms with Crippen LogP contribution < -0.4 is 15.5 Å². The second-order valence-electron chi connectivity index (χ2n) is 7.46. The summed E-state index contributed by atoms with van der Waals surface area (Å²) in [6.07, 6.45) is 5.93. The standard InChI is InChI=1S/C20H31N3O2/c1-25-16-20(9-11-21-12-10-20)15-22-19(24)17-5-7-18(8-6-17)23-13-3-2-4-14-23/h5-8,21H,2-4,9-16H2,1H3,(H,22,24). The van der Waals surface area contributed by atoms with E-state index >= 15 is 0 Å². The lowest BCUT2D eigenvalue weighted by Gasteiger charge is -2.37. The molecule has 3 rings (SSSR count). The molecular formula is C20H31N3O2. The summed E-state index contributed by atoms with van der Waals surface area (Å²) < 4.78 is 5.42. The molecule has 0 bridgehead atoms. The van der Waals surface area contributed by atoms with Gasteiger partial charge in [0.2, 0.25) is 0 Å². The fourth-order valence-corrected chi connectivity index (χ4v) is 3.98. The molecule has 25 heavy (non-hydrogen) atoms. The van der Waals surface area contributed by atoms with E-state index in [2.05, 4.69) is 27.7 Å². The predicted octanol–water partition coefficient (Wildman–Crippen LogP) is 2.42. The third kappa shape index (κ3) is 4.73. The number of benzene rings is 1. The summed E-state index contributed by atoms with van der Waals surface area (Å²) in [5.74, 6) is 0.0132. The van der Waals surface area contributed by atoms with Gasteiger partial charge in [0.1, 0.15) is 0 Å². The molecule has 1 aromatic rings. The van der Waals surface area contributed by atoms with Crippen LogP contribution in [0.15, 0.2) is 24.3 Å². The van der Waals surface area contributed by atoms with Gasteiger partial charge < -0.3 is 20.3 Å². The maximum absolute atomic E-state index is 12.5. The number of ether oxygens (including phenoxy) is 1. The summed E-state index contributed by atoms with van der Waals surface area (Å²) in [6.45, 7) is 5.60. The quantitative estimate of drug-likeness (QED) is 0.831. The predicted molar refractivity (Wildman–Crippen MR) is 101 cm³/mol. The normalized spacial score (nSPS) is 20.3. The monoisotopic (exact) mass is 345 g/mol. The minimum Gasteiger partial charge on any atom is -0.384 e. The van der Waals surface area contributed by atoms with Crippen molar-refractivity contribution >= 4 is 11.6 Å². The van der Waals surface area contributed by atoms with Gasteiger partial charge in [-0.25, -0.2) is 0 Å². The lowest BCUT2D eigenvalue weighted by Crippen LogP contribution is -2.47. The van der Waals surface area contributed by atoms with Crippen molar-refractivity contribution in [3.63, 3.8) is 0 Å². The Hall–Kier alpha value is -1.59. The molecule has 5 nitrogen and oxygen atoms in total. The van der Waals surface area contributed by atoms with Crippen molar-refractivity contribution in [2.45, 2.75) is 32.1 Å². The molecule has 0 atom stereocenters. The Morgan fingerprint density at radius 3 is 2.48 bits per heavy atom. The Morgan fingerprint density at radius 1 is 1.16 bits per heavy atom. The molecule has 138 valence electrons. The number of rotatable bonds is 6. The van der Waals surface area contributed by atoms with Crippen molar-refractivity contribution in [2.24, 2.45) is 5.41 Å². The van der Waals surface area contributed by atoms with Gasteiger partial charge in [-0.15, -0.1) is 0 Å². The van der Waals surface area contributed by atoms with E-state index in [1.54, 1.807) is 7.11 Å². The highest BCUT2D eigenvalue weighted by Crippen LogP contribution is 2.28. The third-order valence-electron chi connectivity index (χ3n) is 5.59. The molecule has 1 amide bonds. The molecule has 0 unspecified atom stereocenters. The van der Waals surface area contributed by atoms with Crippen molar-refractivity contribution in [3.05, 3.63) is 29.8 Å². The average molecular weight is 345 g/mol. The van der Waals surface area contributed by atoms with Gasteiger partial charge in [0, 0.05) is 43.4 Å². The van der Waals surface area contributed by atoms with Gasteiger partial charge in [-0.1, -0.05) is 0 Å². The summed E-state index contributed by atoms with van der Waals surface area (Å²) in [5, 5.41) is 6.51. The highest BCUT2D eigenvalue weighted by Gasteiger charge is 2.32. The van der Waals surface area contributed by atoms with Crippen LogP contribution in [0.4, 0.5) is 5.69 Å². The van der Waals surface area contributed by atoms with E-state index in [0.717, 1.165) is 44.6 Å². The number of methoxy groups -OCH3 is 1. The maximum Gasteiger partial charge on any atom is 0.251 e. The van der Waals surface area contributed by atoms with Crippen LogP contribution in [-0.2, 0) is 4.74 Å². The molecule has 2 saturated heterocycles. The molecule has 2 heterocycles. The number of carbonyl (C=O) groups is 1. The summed E-state index contributed by atoms with van der Waals surface area (Å²) in [4.78, 5) is 15.0. The number of hydrogen-bond donors (Lipinski definition) is 2. The van der Waals surface area contributed by atoms with Crippen molar-refractivity contribution in [2.75, 3.05) is 51.3 Å². The van der Waals surface area contributed by atoms with Crippen LogP contribution in [0.3, 0.4) is 0 Å². The van der Waals surface area contributed by atoms with Gasteiger partial charge in [0.05, 0.1) is 6.61 Å². The number of hydrogen-bond acceptors (Lipinski definition) is 4. The zero-order valence-corrected chi connectivity index (χ0v) is 15.4. The lowest BCUT2D eigenvalue weighted by atomic mass is 9.79. The fraction of sp³-hybridized carbons (Fsp3) is 0.650. The molecule has 1 aromatic carbocycles. The molecule has 0 radical (unpaired) electrons. The molecule has 2 aliphatic rings. The molecule has 0 spiro atoms. The summed E-state index contributed by atoms with van der Waals surface area (Å²) in [6, 6.07) is 8.06. The van der Waals surface area contributed by atoms with Crippen molar-refractivity contribution in [3.8, 4) is 0 Å². The molecule has 0 saturated carbocycles. The Balaban J connectivity index is 1.57. The minimum absolute atomic E-state index is 0.0132. The molecule has 0 aliphatic carbocycles. The molecule has 2 aliphatic heterocycles. The Bertz CT molecular complexity index is 541. The number of nitrogens with zero attached hydrogens (tertiary/aromatic N) is 1. The van der Waals surface area contributed by atoms with E-state index in [0.29, 0.717) is 13.2 Å². The molecule has 2 N–H and O–H groups in total. The van der Waals surface area contributed by atoms with Crippen LogP contribution >= 0.6 is 0 Å². The number of anilines is 1. The molecule has 0 aromatic heterocycles. The highest BCUT2D eigenvalue weighted by atomic mass is 16.5. The maximum atomic E-state index is 12.5. The van der Waals surface area contributed by atoms with Gasteiger partial charge in [-0.3, -0.25) is 4.79 Å². The third-order valence-corrected chi connectivity index (χ3v) is 5.59. The Labute approximate surface area is 151 Å². The second-order valence-corrected chi connectivity index (χ2v) is 7.46. The van der Waals surface area contributed by atoms with Gasteiger partial charge >= 0.3 is 0 Å². The van der Waals surface area contributed by atoms with E-state index in [1.165, 1.54) is 24.9 Å². The second kappa shape index (κ2) is 8.68. The van der Waals surface area contributed by atoms with Gasteiger partial charge in [-0.05, 0) is 69.5 Å². The van der Waals surface area contributed by atoms with E-state index in [-0.39, 0.29) is 11.3 Å². The van der Waals surface area contributed by atoms with Gasteiger partial charge in [-0.2, -0.15) is 0 Å². The Morgan fingerprint density at radius 2 is 1.84 bits per heavy atom. The molecule has 5 heteroatoms. The van der Waals surface area contributed by atoms with Crippen LogP contribution in [0.2, 0.25) is 0 Å². The van der Waals surface area contributed by atoms with Crippen molar-refractivity contribution in [1.29, 1.82) is 0 Å². The zero-order valence-electron chi connectivity index (χ0n) is 15.4. The van der Waals surface area contributed by atoms with E-state index in [1.807, 2.05) is 12.1 Å². The number of nitrogens with one attached hydrogen (secondary N) is 2. The largest absolute Gasteiger partial charge is 0.384 e. The van der Waals surface area contributed by atoms with Crippen molar-refractivity contribution in [1.82, 2.24) is 10.6 Å². The molecule has 2 fully saturated rings. The first-order valence-corrected chi connectivity index (χ1v) is 9.55. The SMILES string of the molecule is COCC1(CNC(=O)c2ccc(N3CCCCC3)cc2)CCNCC1. The lowest BCUT2D eigenvalue weighted by molar-refractivity contribution is 0.0512. The fourth-order valence-electron chi connectivity index (χ4n) is 3.98. The number of piperidine rings is 2. The molecular weight excluding hydrogens is 314 g/mol. The number of carbonyl (C=O) groups excluding carboxylic acids is 1. The average Bonchev–Trinajstić information content (AvgIpc) is 2.68. The van der Waals surface area contributed by atoms with Gasteiger partial charge in [0.15, 0.2) is 0 Å². The summed E-state index contributed by atoms with van der Waals surface area (Å²) in [5.41, 5.74) is 2.02. The first-order chi connectivity index (χ1) is 12.2. The van der Waals surface area contributed by atoms with Gasteiger partial charge in [0.25, 0.3) is 5.91 Å². The van der Waals surface area contributed by atoms with Crippen LogP contribution in [0.1, 0.15) is 42.5 Å². The van der Waals surface area contributed by atoms with E-state index < -0.39 is 0 Å². The first kappa shape index (κ1) is 18.2. The van der Waals surface area contributed by atoms with Crippen LogP contribution in [-0.4, -0.2) is 52.3 Å². The van der Waals surface area contributed by atoms with E-state index in [4.69, 9.17) is 4.74 Å². The zero-order chi connectivity index (χ0) is 17.5. The summed E-state index contributed by atoms with van der Waals surface area (Å²) in [7, 11) is 1.74.